The summed E-state index contributed by atoms with van der Waals surface area (Å²) in [7, 11) is 1.90. The number of nitrogen functional groups attached to an aromatic ring is 1. The number of hydrogen-bond donors (Lipinski definition) is 1. The van der Waals surface area contributed by atoms with Crippen molar-refractivity contribution in [2.45, 2.75) is 6.54 Å². The van der Waals surface area contributed by atoms with Crippen molar-refractivity contribution in [1.82, 2.24) is 4.98 Å². The molecule has 0 spiro atoms. The van der Waals surface area contributed by atoms with Gasteiger partial charge in [0.25, 0.3) is 0 Å². The molecule has 102 valence electrons. The van der Waals surface area contributed by atoms with Gasteiger partial charge in [-0.15, -0.1) is 0 Å². The first kappa shape index (κ1) is 12.5. The van der Waals surface area contributed by atoms with Gasteiger partial charge in [0, 0.05) is 18.4 Å². The zero-order chi connectivity index (χ0) is 14.1. The summed E-state index contributed by atoms with van der Waals surface area (Å²) in [6.07, 6.45) is 0. The lowest BCUT2D eigenvalue weighted by atomic mass is 10.3. The first-order valence-electron chi connectivity index (χ1n) is 6.23. The number of oxazole rings is 1. The Hall–Kier alpha value is -2.56. The Morgan fingerprint density at radius 3 is 2.70 bits per heavy atom. The predicted octanol–water partition coefficient (Wildman–Crippen LogP) is 3.19. The lowest BCUT2D eigenvalue weighted by Crippen LogP contribution is -2.16. The summed E-state index contributed by atoms with van der Waals surface area (Å²) in [4.78, 5) is 6.33. The number of halogens is 1. The number of anilines is 2. The lowest BCUT2D eigenvalue weighted by molar-refractivity contribution is 0.527. The molecule has 0 amide bonds. The van der Waals surface area contributed by atoms with E-state index in [1.165, 1.54) is 12.1 Å². The molecule has 0 fully saturated rings. The fraction of sp³-hybridized carbons (Fsp3) is 0.133. The Labute approximate surface area is 115 Å². The van der Waals surface area contributed by atoms with Gasteiger partial charge in [0.05, 0.1) is 6.54 Å². The van der Waals surface area contributed by atoms with Crippen molar-refractivity contribution >= 4 is 22.5 Å². The third kappa shape index (κ3) is 2.42. The highest BCUT2D eigenvalue weighted by Gasteiger charge is 2.09. The van der Waals surface area contributed by atoms with Crippen molar-refractivity contribution < 1.29 is 8.81 Å². The van der Waals surface area contributed by atoms with Gasteiger partial charge in [0.1, 0.15) is 11.3 Å². The van der Waals surface area contributed by atoms with Crippen LogP contribution in [0.2, 0.25) is 0 Å². The topological polar surface area (TPSA) is 55.3 Å². The minimum Gasteiger partial charge on any atom is -0.439 e. The molecular formula is C15H14FN3O. The number of aromatic nitrogens is 1. The van der Waals surface area contributed by atoms with Gasteiger partial charge in [-0.25, -0.2) is 9.37 Å². The van der Waals surface area contributed by atoms with Gasteiger partial charge in [0.15, 0.2) is 5.58 Å². The SMILES string of the molecule is CN(Cc1nc2cc(N)ccc2o1)c1ccc(F)cc1. The second-order valence-corrected chi connectivity index (χ2v) is 4.67. The van der Waals surface area contributed by atoms with Crippen LogP contribution < -0.4 is 10.6 Å². The molecule has 0 aliphatic heterocycles. The van der Waals surface area contributed by atoms with E-state index in [4.69, 9.17) is 10.2 Å². The van der Waals surface area contributed by atoms with E-state index in [9.17, 15) is 4.39 Å². The average molecular weight is 271 g/mol. The van der Waals surface area contributed by atoms with Crippen molar-refractivity contribution in [3.8, 4) is 0 Å². The molecule has 0 radical (unpaired) electrons. The Balaban J connectivity index is 1.83. The van der Waals surface area contributed by atoms with E-state index in [0.717, 1.165) is 11.2 Å². The van der Waals surface area contributed by atoms with Crippen LogP contribution >= 0.6 is 0 Å². The summed E-state index contributed by atoms with van der Waals surface area (Å²) in [6, 6.07) is 11.7. The molecule has 20 heavy (non-hydrogen) atoms. The molecule has 0 unspecified atom stereocenters. The Bertz CT molecular complexity index is 736. The largest absolute Gasteiger partial charge is 0.439 e. The van der Waals surface area contributed by atoms with Crippen LogP contribution in [0.15, 0.2) is 46.9 Å². The number of nitrogens with zero attached hydrogens (tertiary/aromatic N) is 2. The van der Waals surface area contributed by atoms with Crippen LogP contribution in [0.4, 0.5) is 15.8 Å². The number of nitrogens with two attached hydrogens (primary N) is 1. The summed E-state index contributed by atoms with van der Waals surface area (Å²) in [5.41, 5.74) is 8.72. The predicted molar refractivity (Wildman–Crippen MR) is 76.9 cm³/mol. The van der Waals surface area contributed by atoms with E-state index in [2.05, 4.69) is 4.98 Å². The minimum absolute atomic E-state index is 0.250. The summed E-state index contributed by atoms with van der Waals surface area (Å²) < 4.78 is 18.5. The number of rotatable bonds is 3. The van der Waals surface area contributed by atoms with Gasteiger partial charge >= 0.3 is 0 Å². The second-order valence-electron chi connectivity index (χ2n) is 4.67. The van der Waals surface area contributed by atoms with Crippen LogP contribution in [-0.2, 0) is 6.54 Å². The minimum atomic E-state index is -0.250. The van der Waals surface area contributed by atoms with Crippen LogP contribution in [0.5, 0.6) is 0 Å². The highest BCUT2D eigenvalue weighted by Crippen LogP contribution is 2.21. The fourth-order valence-corrected chi connectivity index (χ4v) is 2.05. The van der Waals surface area contributed by atoms with Crippen LogP contribution in [-0.4, -0.2) is 12.0 Å². The maximum Gasteiger partial charge on any atom is 0.215 e. The van der Waals surface area contributed by atoms with Crippen LogP contribution in [0.1, 0.15) is 5.89 Å². The van der Waals surface area contributed by atoms with Crippen LogP contribution in [0.3, 0.4) is 0 Å². The normalized spacial score (nSPS) is 10.9. The summed E-state index contributed by atoms with van der Waals surface area (Å²) in [5.74, 6) is 0.344. The number of hydrogen-bond acceptors (Lipinski definition) is 4. The van der Waals surface area contributed by atoms with Crippen LogP contribution in [0.25, 0.3) is 11.1 Å². The fourth-order valence-electron chi connectivity index (χ4n) is 2.05. The Kier molecular flexibility index (Phi) is 3.02. The van der Waals surface area contributed by atoms with Crippen LogP contribution in [0, 0.1) is 5.82 Å². The third-order valence-electron chi connectivity index (χ3n) is 3.10. The van der Waals surface area contributed by atoms with Crippen molar-refractivity contribution in [2.75, 3.05) is 17.7 Å². The molecular weight excluding hydrogens is 257 g/mol. The second kappa shape index (κ2) is 4.85. The van der Waals surface area contributed by atoms with E-state index in [1.807, 2.05) is 11.9 Å². The van der Waals surface area contributed by atoms with Gasteiger partial charge in [-0.3, -0.25) is 0 Å². The summed E-state index contributed by atoms with van der Waals surface area (Å²) >= 11 is 0. The van der Waals surface area contributed by atoms with Gasteiger partial charge in [-0.05, 0) is 42.5 Å². The van der Waals surface area contributed by atoms with Crippen molar-refractivity contribution in [2.24, 2.45) is 0 Å². The van der Waals surface area contributed by atoms with Crippen molar-refractivity contribution in [3.63, 3.8) is 0 Å². The average Bonchev–Trinajstić information content (AvgIpc) is 2.80. The Morgan fingerprint density at radius 1 is 1.20 bits per heavy atom. The van der Waals surface area contributed by atoms with Gasteiger partial charge < -0.3 is 15.1 Å². The molecule has 2 N–H and O–H groups in total. The highest BCUT2D eigenvalue weighted by atomic mass is 19.1. The molecule has 0 saturated carbocycles. The monoisotopic (exact) mass is 271 g/mol. The van der Waals surface area contributed by atoms with Gasteiger partial charge in [-0.2, -0.15) is 0 Å². The van der Waals surface area contributed by atoms with E-state index >= 15 is 0 Å². The third-order valence-corrected chi connectivity index (χ3v) is 3.10. The molecule has 0 bridgehead atoms. The van der Waals surface area contributed by atoms with E-state index in [1.54, 1.807) is 30.3 Å². The van der Waals surface area contributed by atoms with Gasteiger partial charge in [0.2, 0.25) is 5.89 Å². The molecule has 4 nitrogen and oxygen atoms in total. The quantitative estimate of drug-likeness (QED) is 0.743. The first-order chi connectivity index (χ1) is 9.61. The van der Waals surface area contributed by atoms with E-state index in [0.29, 0.717) is 23.7 Å². The first-order valence-corrected chi connectivity index (χ1v) is 6.23. The zero-order valence-electron chi connectivity index (χ0n) is 11.0. The molecule has 3 aromatic rings. The molecule has 0 atom stereocenters. The molecule has 3 rings (SSSR count). The summed E-state index contributed by atoms with van der Waals surface area (Å²) in [6.45, 7) is 0.500. The molecule has 1 aromatic heterocycles. The molecule has 1 heterocycles. The number of benzene rings is 2. The summed E-state index contributed by atoms with van der Waals surface area (Å²) in [5, 5.41) is 0. The Morgan fingerprint density at radius 2 is 1.95 bits per heavy atom. The molecule has 2 aromatic carbocycles. The molecule has 0 aliphatic carbocycles. The van der Waals surface area contributed by atoms with Gasteiger partial charge in [-0.1, -0.05) is 0 Å². The maximum atomic E-state index is 12.9. The standard InChI is InChI=1S/C15H14FN3O/c1-19(12-5-2-10(16)3-6-12)9-15-18-13-8-11(17)4-7-14(13)20-15/h2-8H,9,17H2,1H3. The van der Waals surface area contributed by atoms with Crippen molar-refractivity contribution in [3.05, 3.63) is 54.2 Å². The lowest BCUT2D eigenvalue weighted by Gasteiger charge is -2.16. The van der Waals surface area contributed by atoms with Crippen molar-refractivity contribution in [1.29, 1.82) is 0 Å². The molecule has 5 heteroatoms. The van der Waals surface area contributed by atoms with E-state index in [-0.39, 0.29) is 5.82 Å². The maximum absolute atomic E-state index is 12.9. The number of fused-ring (bicyclic) bond motifs is 1. The smallest absolute Gasteiger partial charge is 0.215 e. The molecule has 0 saturated heterocycles. The van der Waals surface area contributed by atoms with E-state index < -0.39 is 0 Å². The molecule has 0 aliphatic rings. The highest BCUT2D eigenvalue weighted by molar-refractivity contribution is 5.76. The zero-order valence-corrected chi connectivity index (χ0v) is 11.0.